The van der Waals surface area contributed by atoms with E-state index in [1.807, 2.05) is 0 Å². The van der Waals surface area contributed by atoms with Crippen molar-refractivity contribution in [2.24, 2.45) is 47.3 Å². The highest BCUT2D eigenvalue weighted by Crippen LogP contribution is 2.47. The highest BCUT2D eigenvalue weighted by atomic mass is 16.5. The topological polar surface area (TPSA) is 133 Å². The van der Waals surface area contributed by atoms with Crippen LogP contribution in [-0.4, -0.2) is 73.7 Å². The molecule has 0 spiro atoms. The first-order valence-corrected chi connectivity index (χ1v) is 26.6. The van der Waals surface area contributed by atoms with Crippen molar-refractivity contribution in [1.82, 2.24) is 42.5 Å². The molecule has 12 nitrogen and oxygen atoms in total. The minimum Gasteiger partial charge on any atom is -0.490 e. The van der Waals surface area contributed by atoms with Gasteiger partial charge in [0.1, 0.15) is 23.0 Å². The molecule has 0 aromatic heterocycles. The van der Waals surface area contributed by atoms with Gasteiger partial charge in [0.25, 0.3) is 0 Å². The molecular formula is C56H72N8O4. The highest BCUT2D eigenvalue weighted by molar-refractivity contribution is 5.25. The highest BCUT2D eigenvalue weighted by Gasteiger charge is 2.56. The van der Waals surface area contributed by atoms with Crippen LogP contribution >= 0.6 is 0 Å². The van der Waals surface area contributed by atoms with Crippen LogP contribution in [0.15, 0.2) is 121 Å². The monoisotopic (exact) mass is 921 g/mol. The minimum absolute atomic E-state index is 0.116. The van der Waals surface area contributed by atoms with Gasteiger partial charge < -0.3 is 18.9 Å². The normalized spacial score (nSPS) is 42.7. The molecule has 8 bridgehead atoms. The number of fused-ring (bicyclic) bond motifs is 20. The summed E-state index contributed by atoms with van der Waals surface area (Å²) in [6.45, 7) is 0. The van der Waals surface area contributed by atoms with E-state index >= 15 is 0 Å². The largest absolute Gasteiger partial charge is 0.490 e. The molecule has 4 aromatic rings. The minimum atomic E-state index is 0.116. The lowest BCUT2D eigenvalue weighted by atomic mass is 9.75. The van der Waals surface area contributed by atoms with E-state index in [9.17, 15) is 0 Å². The van der Waals surface area contributed by atoms with E-state index in [1.54, 1.807) is 0 Å². The van der Waals surface area contributed by atoms with Crippen LogP contribution in [0.1, 0.15) is 77.0 Å². The van der Waals surface area contributed by atoms with Gasteiger partial charge in [-0.3, -0.25) is 42.5 Å². The molecule has 20 atom stereocenters. The SMILES string of the molecule is c1ccc(OC2CCC3C4NC5NC(NC6NC(NC7NC(NC(N4)C3C2)C2CCC(Oc3ccccc3)CC72)C2CCC(Oc3ccccc3)CC62)C2CC(Oc3ccccc3)CCC52)cc1. The fourth-order valence-corrected chi connectivity index (χ4v) is 15.0. The van der Waals surface area contributed by atoms with Crippen LogP contribution in [0, 0.1) is 47.3 Å². The third-order valence-electron chi connectivity index (χ3n) is 18.1. The maximum absolute atomic E-state index is 6.76. The average molecular weight is 921 g/mol. The molecule has 13 rings (SSSR count). The molecule has 20 unspecified atom stereocenters. The Labute approximate surface area is 402 Å². The number of para-hydroxylation sites is 4. The van der Waals surface area contributed by atoms with Crippen molar-refractivity contribution >= 4 is 0 Å². The number of hydrogen-bond acceptors (Lipinski definition) is 12. The van der Waals surface area contributed by atoms with Crippen LogP contribution in [-0.2, 0) is 0 Å². The van der Waals surface area contributed by atoms with Gasteiger partial charge in [0.15, 0.2) is 0 Å². The smallest absolute Gasteiger partial charge is 0.119 e. The third kappa shape index (κ3) is 8.93. The van der Waals surface area contributed by atoms with Crippen LogP contribution in [0.4, 0.5) is 0 Å². The quantitative estimate of drug-likeness (QED) is 0.0943. The van der Waals surface area contributed by atoms with Crippen molar-refractivity contribution in [1.29, 1.82) is 0 Å². The average Bonchev–Trinajstić information content (AvgIpc) is 4.10. The summed E-state index contributed by atoms with van der Waals surface area (Å²) in [4.78, 5) is 0. The Morgan fingerprint density at radius 3 is 0.632 bits per heavy atom. The lowest BCUT2D eigenvalue weighted by Gasteiger charge is -2.39. The van der Waals surface area contributed by atoms with Crippen molar-refractivity contribution in [3.63, 3.8) is 0 Å². The predicted octanol–water partition coefficient (Wildman–Crippen LogP) is 6.84. The Kier molecular flexibility index (Phi) is 12.3. The molecule has 9 fully saturated rings. The second-order valence-electron chi connectivity index (χ2n) is 21.9. The summed E-state index contributed by atoms with van der Waals surface area (Å²) in [5, 5.41) is 34.4. The molecule has 5 heterocycles. The van der Waals surface area contributed by atoms with Gasteiger partial charge in [0.05, 0.1) is 73.7 Å². The molecule has 12 heteroatoms. The predicted molar refractivity (Wildman–Crippen MR) is 262 cm³/mol. The molecule has 5 saturated heterocycles. The third-order valence-corrected chi connectivity index (χ3v) is 18.1. The Balaban J connectivity index is 0.821. The van der Waals surface area contributed by atoms with E-state index in [2.05, 4.69) is 164 Å². The van der Waals surface area contributed by atoms with Gasteiger partial charge in [-0.1, -0.05) is 72.8 Å². The molecule has 4 aromatic carbocycles. The fourth-order valence-electron chi connectivity index (χ4n) is 15.0. The molecule has 360 valence electrons. The Hall–Kier alpha value is -4.24. The maximum Gasteiger partial charge on any atom is 0.119 e. The summed E-state index contributed by atoms with van der Waals surface area (Å²) in [7, 11) is 0. The van der Waals surface area contributed by atoms with Crippen molar-refractivity contribution in [2.45, 2.75) is 151 Å². The van der Waals surface area contributed by atoms with Crippen LogP contribution in [0.3, 0.4) is 0 Å². The zero-order valence-corrected chi connectivity index (χ0v) is 39.2. The van der Waals surface area contributed by atoms with Crippen molar-refractivity contribution in [3.8, 4) is 23.0 Å². The van der Waals surface area contributed by atoms with Crippen LogP contribution in [0.2, 0.25) is 0 Å². The van der Waals surface area contributed by atoms with E-state index in [-0.39, 0.29) is 73.7 Å². The van der Waals surface area contributed by atoms with Crippen molar-refractivity contribution in [2.75, 3.05) is 0 Å². The Morgan fingerprint density at radius 2 is 0.426 bits per heavy atom. The standard InChI is InChI=1S/C56H72N8O4/c1-5-13-33(14-6-1)65-37-21-25-41-45(29-37)53-58-49(41)57-50-42-26-22-39(67-35-17-9-3-10-18-35)31-47(42)55(59-50)64-56-48-32-40(68-36-19-11-4-12-20-36)24-28-44(48)52(63-56)62-54-46-30-38(66-34-15-7-2-8-16-34)23-27-43(46)51(60-53)61-54/h1-20,37-64H,21-32H2. The van der Waals surface area contributed by atoms with Gasteiger partial charge >= 0.3 is 0 Å². The van der Waals surface area contributed by atoms with Gasteiger partial charge in [-0.2, -0.15) is 0 Å². The first-order valence-electron chi connectivity index (χ1n) is 26.6. The van der Waals surface area contributed by atoms with Gasteiger partial charge in [0.2, 0.25) is 0 Å². The molecule has 4 aliphatic carbocycles. The molecule has 0 radical (unpaired) electrons. The molecule has 8 N–H and O–H groups in total. The van der Waals surface area contributed by atoms with Crippen molar-refractivity contribution < 1.29 is 18.9 Å². The number of rotatable bonds is 8. The van der Waals surface area contributed by atoms with Gasteiger partial charge in [-0.05, 0) is 173 Å². The number of hydrogen-bond donors (Lipinski definition) is 8. The van der Waals surface area contributed by atoms with Crippen LogP contribution < -0.4 is 61.5 Å². The second-order valence-corrected chi connectivity index (χ2v) is 21.9. The van der Waals surface area contributed by atoms with E-state index in [4.69, 9.17) is 18.9 Å². The fraction of sp³-hybridized carbons (Fsp3) is 0.571. The van der Waals surface area contributed by atoms with Crippen molar-refractivity contribution in [3.05, 3.63) is 121 Å². The maximum atomic E-state index is 6.76. The molecule has 0 amide bonds. The van der Waals surface area contributed by atoms with Gasteiger partial charge in [0, 0.05) is 0 Å². The summed E-state index contributed by atoms with van der Waals surface area (Å²) < 4.78 is 27.0. The first kappa shape index (κ1) is 43.8. The van der Waals surface area contributed by atoms with Crippen LogP contribution in [0.5, 0.6) is 23.0 Å². The summed E-state index contributed by atoms with van der Waals surface area (Å²) in [5.74, 6) is 7.41. The van der Waals surface area contributed by atoms with Crippen LogP contribution in [0.25, 0.3) is 0 Å². The molecule has 68 heavy (non-hydrogen) atoms. The number of benzene rings is 4. The zero-order chi connectivity index (χ0) is 45.0. The summed E-state index contributed by atoms with van der Waals surface area (Å²) in [6.07, 6.45) is 14.6. The number of nitrogens with one attached hydrogen (secondary N) is 8. The Bertz CT molecular complexity index is 2270. The molecule has 9 aliphatic rings. The Morgan fingerprint density at radius 1 is 0.235 bits per heavy atom. The van der Waals surface area contributed by atoms with Gasteiger partial charge in [-0.25, -0.2) is 0 Å². The van der Waals surface area contributed by atoms with Gasteiger partial charge in [-0.15, -0.1) is 0 Å². The number of ether oxygens (including phenoxy) is 4. The molecule has 4 saturated carbocycles. The van der Waals surface area contributed by atoms with E-state index in [1.165, 1.54) is 0 Å². The summed E-state index contributed by atoms with van der Waals surface area (Å²) in [5.41, 5.74) is 0. The van der Waals surface area contributed by atoms with E-state index < -0.39 is 0 Å². The van der Waals surface area contributed by atoms with E-state index in [0.29, 0.717) is 47.3 Å². The summed E-state index contributed by atoms with van der Waals surface area (Å²) >= 11 is 0. The molecular weight excluding hydrogens is 849 g/mol. The summed E-state index contributed by atoms with van der Waals surface area (Å²) in [6, 6.07) is 41.9. The lowest BCUT2D eigenvalue weighted by molar-refractivity contribution is 0.0624. The lowest BCUT2D eigenvalue weighted by Crippen LogP contribution is -2.61. The second kappa shape index (κ2) is 19.2. The zero-order valence-electron chi connectivity index (χ0n) is 39.2. The first-order chi connectivity index (χ1) is 33.6. The molecule has 5 aliphatic heterocycles. The van der Waals surface area contributed by atoms with E-state index in [0.717, 1.165) is 100 Å².